The summed E-state index contributed by atoms with van der Waals surface area (Å²) in [6, 6.07) is 7.88. The molecule has 3 rings (SSSR count). The van der Waals surface area contributed by atoms with E-state index in [9.17, 15) is 0 Å². The van der Waals surface area contributed by atoms with Gasteiger partial charge in [0.15, 0.2) is 6.29 Å². The highest BCUT2D eigenvalue weighted by Crippen LogP contribution is 2.24. The molecule has 5 nitrogen and oxygen atoms in total. The summed E-state index contributed by atoms with van der Waals surface area (Å²) in [5, 5.41) is 0. The van der Waals surface area contributed by atoms with Crippen molar-refractivity contribution < 1.29 is 9.47 Å². The second-order valence-electron chi connectivity index (χ2n) is 4.66. The normalized spacial score (nSPS) is 22.2. The number of rotatable bonds is 5. The molecule has 2 atom stereocenters. The van der Waals surface area contributed by atoms with Gasteiger partial charge in [-0.2, -0.15) is 0 Å². The number of nitrogen functional groups attached to an aromatic ring is 1. The lowest BCUT2D eigenvalue weighted by Crippen LogP contribution is -2.18. The maximum Gasteiger partial charge on any atom is 0.175 e. The highest BCUT2D eigenvalue weighted by molar-refractivity contribution is 7.99. The van der Waals surface area contributed by atoms with Gasteiger partial charge in [0, 0.05) is 28.7 Å². The zero-order valence-electron chi connectivity index (χ0n) is 11.0. The lowest BCUT2D eigenvalue weighted by molar-refractivity contribution is -0.0640. The molecular formula is C14H17N3O2S. The summed E-state index contributed by atoms with van der Waals surface area (Å²) in [7, 11) is 0. The van der Waals surface area contributed by atoms with Gasteiger partial charge in [-0.05, 0) is 24.3 Å². The Kier molecular flexibility index (Phi) is 4.25. The Hall–Kier alpha value is -1.50. The maximum atomic E-state index is 5.86. The first-order valence-electron chi connectivity index (χ1n) is 6.51. The van der Waals surface area contributed by atoms with Crippen LogP contribution in [0.15, 0.2) is 47.9 Å². The molecule has 1 aliphatic heterocycles. The van der Waals surface area contributed by atoms with Crippen LogP contribution in [0.1, 0.15) is 0 Å². The second-order valence-corrected chi connectivity index (χ2v) is 5.75. The van der Waals surface area contributed by atoms with Gasteiger partial charge in [-0.1, -0.05) is 0 Å². The van der Waals surface area contributed by atoms with Crippen LogP contribution in [0, 0.1) is 0 Å². The van der Waals surface area contributed by atoms with Crippen LogP contribution >= 0.6 is 11.8 Å². The molecular weight excluding hydrogens is 274 g/mol. The summed E-state index contributed by atoms with van der Waals surface area (Å²) in [6.07, 6.45) is 5.38. The Morgan fingerprint density at radius 1 is 1.35 bits per heavy atom. The minimum Gasteiger partial charge on any atom is -0.399 e. The van der Waals surface area contributed by atoms with E-state index in [4.69, 9.17) is 15.2 Å². The van der Waals surface area contributed by atoms with E-state index in [1.54, 1.807) is 24.3 Å². The molecule has 20 heavy (non-hydrogen) atoms. The highest BCUT2D eigenvalue weighted by Gasteiger charge is 2.26. The average molecular weight is 291 g/mol. The predicted molar refractivity (Wildman–Crippen MR) is 78.4 cm³/mol. The van der Waals surface area contributed by atoms with E-state index in [1.807, 2.05) is 35.0 Å². The van der Waals surface area contributed by atoms with Crippen LogP contribution in [0.25, 0.3) is 0 Å². The van der Waals surface area contributed by atoms with Crippen LogP contribution < -0.4 is 5.73 Å². The molecule has 2 heterocycles. The molecule has 1 aliphatic rings. The summed E-state index contributed by atoms with van der Waals surface area (Å²) in [4.78, 5) is 5.20. The monoisotopic (exact) mass is 291 g/mol. The molecule has 1 fully saturated rings. The van der Waals surface area contributed by atoms with Crippen LogP contribution in [0.2, 0.25) is 0 Å². The molecule has 0 spiro atoms. The van der Waals surface area contributed by atoms with E-state index < -0.39 is 0 Å². The molecule has 0 saturated carbocycles. The molecule has 2 unspecified atom stereocenters. The van der Waals surface area contributed by atoms with Crippen molar-refractivity contribution in [2.75, 3.05) is 18.1 Å². The van der Waals surface area contributed by atoms with Crippen molar-refractivity contribution in [3.05, 3.63) is 43.0 Å². The SMILES string of the molecule is Nc1ccc(SCC2COC(Cn3ccnc3)O2)cc1. The Bertz CT molecular complexity index is 530. The number of aromatic nitrogens is 2. The number of imidazole rings is 1. The third-order valence-electron chi connectivity index (χ3n) is 3.05. The van der Waals surface area contributed by atoms with Crippen molar-refractivity contribution in [1.29, 1.82) is 0 Å². The van der Waals surface area contributed by atoms with Crippen LogP contribution in [0.4, 0.5) is 5.69 Å². The molecule has 2 aromatic rings. The zero-order valence-corrected chi connectivity index (χ0v) is 11.8. The fourth-order valence-electron chi connectivity index (χ4n) is 2.01. The molecule has 0 radical (unpaired) electrons. The van der Waals surface area contributed by atoms with Gasteiger partial charge in [-0.15, -0.1) is 11.8 Å². The number of nitrogens with two attached hydrogens (primary N) is 1. The zero-order chi connectivity index (χ0) is 13.8. The van der Waals surface area contributed by atoms with Crippen LogP contribution in [-0.2, 0) is 16.0 Å². The quantitative estimate of drug-likeness (QED) is 0.674. The fourth-order valence-corrected chi connectivity index (χ4v) is 2.89. The minimum absolute atomic E-state index is 0.131. The fraction of sp³-hybridized carbons (Fsp3) is 0.357. The predicted octanol–water partition coefficient (Wildman–Crippen LogP) is 2.00. The van der Waals surface area contributed by atoms with E-state index in [2.05, 4.69) is 4.98 Å². The molecule has 1 aromatic heterocycles. The number of benzene rings is 1. The Balaban J connectivity index is 1.44. The third-order valence-corrected chi connectivity index (χ3v) is 4.19. The van der Waals surface area contributed by atoms with Crippen LogP contribution in [-0.4, -0.2) is 34.3 Å². The number of thioether (sulfide) groups is 1. The number of hydrogen-bond donors (Lipinski definition) is 1. The van der Waals surface area contributed by atoms with E-state index >= 15 is 0 Å². The second kappa shape index (κ2) is 6.30. The Morgan fingerprint density at radius 3 is 2.95 bits per heavy atom. The average Bonchev–Trinajstić information content (AvgIpc) is 3.11. The van der Waals surface area contributed by atoms with Gasteiger partial charge in [-0.3, -0.25) is 0 Å². The topological polar surface area (TPSA) is 62.3 Å². The van der Waals surface area contributed by atoms with Gasteiger partial charge < -0.3 is 19.8 Å². The van der Waals surface area contributed by atoms with E-state index in [0.29, 0.717) is 13.2 Å². The van der Waals surface area contributed by atoms with Crippen LogP contribution in [0.3, 0.4) is 0 Å². The standard InChI is InChI=1S/C14H17N3O2S/c15-11-1-3-13(4-2-11)20-9-12-8-18-14(19-12)7-17-6-5-16-10-17/h1-6,10,12,14H,7-9,15H2. The molecule has 0 amide bonds. The Labute approximate surface area is 122 Å². The van der Waals surface area contributed by atoms with Crippen molar-refractivity contribution >= 4 is 17.4 Å². The summed E-state index contributed by atoms with van der Waals surface area (Å²) < 4.78 is 13.5. The van der Waals surface area contributed by atoms with Crippen molar-refractivity contribution in [2.45, 2.75) is 23.8 Å². The third kappa shape index (κ3) is 3.53. The van der Waals surface area contributed by atoms with Crippen molar-refractivity contribution in [2.24, 2.45) is 0 Å². The molecule has 106 valence electrons. The first-order valence-corrected chi connectivity index (χ1v) is 7.49. The smallest absolute Gasteiger partial charge is 0.175 e. The number of hydrogen-bond acceptors (Lipinski definition) is 5. The molecule has 6 heteroatoms. The van der Waals surface area contributed by atoms with Crippen molar-refractivity contribution in [3.8, 4) is 0 Å². The van der Waals surface area contributed by atoms with Gasteiger partial charge in [0.1, 0.15) is 0 Å². The van der Waals surface area contributed by atoms with Crippen LogP contribution in [0.5, 0.6) is 0 Å². The lowest BCUT2D eigenvalue weighted by Gasteiger charge is -2.11. The number of ether oxygens (including phenoxy) is 2. The van der Waals surface area contributed by atoms with E-state index in [0.717, 1.165) is 11.4 Å². The van der Waals surface area contributed by atoms with Gasteiger partial charge >= 0.3 is 0 Å². The molecule has 0 bridgehead atoms. The van der Waals surface area contributed by atoms with Crippen molar-refractivity contribution in [1.82, 2.24) is 9.55 Å². The minimum atomic E-state index is -0.179. The largest absolute Gasteiger partial charge is 0.399 e. The summed E-state index contributed by atoms with van der Waals surface area (Å²) in [5.74, 6) is 0.879. The van der Waals surface area contributed by atoms with E-state index in [1.165, 1.54) is 4.90 Å². The van der Waals surface area contributed by atoms with Gasteiger partial charge in [0.2, 0.25) is 0 Å². The van der Waals surface area contributed by atoms with E-state index in [-0.39, 0.29) is 12.4 Å². The lowest BCUT2D eigenvalue weighted by atomic mass is 10.3. The summed E-state index contributed by atoms with van der Waals surface area (Å²) in [6.45, 7) is 1.32. The van der Waals surface area contributed by atoms with Gasteiger partial charge in [-0.25, -0.2) is 4.98 Å². The number of anilines is 1. The first kappa shape index (κ1) is 13.5. The van der Waals surface area contributed by atoms with Crippen molar-refractivity contribution in [3.63, 3.8) is 0 Å². The molecule has 1 aromatic carbocycles. The molecule has 0 aliphatic carbocycles. The highest BCUT2D eigenvalue weighted by atomic mass is 32.2. The summed E-state index contributed by atoms with van der Waals surface area (Å²) >= 11 is 1.76. The van der Waals surface area contributed by atoms with Gasteiger partial charge in [0.05, 0.1) is 25.6 Å². The summed E-state index contributed by atoms with van der Waals surface area (Å²) in [5.41, 5.74) is 6.45. The van der Waals surface area contributed by atoms with Gasteiger partial charge in [0.25, 0.3) is 0 Å². The maximum absolute atomic E-state index is 5.86. The number of nitrogens with zero attached hydrogens (tertiary/aromatic N) is 2. The Morgan fingerprint density at radius 2 is 2.20 bits per heavy atom. The molecule has 1 saturated heterocycles. The first-order chi connectivity index (χ1) is 9.79. The molecule has 2 N–H and O–H groups in total.